The summed E-state index contributed by atoms with van der Waals surface area (Å²) < 4.78 is 11.3. The summed E-state index contributed by atoms with van der Waals surface area (Å²) in [5.74, 6) is 6.62. The van der Waals surface area contributed by atoms with E-state index in [9.17, 15) is 15.0 Å². The van der Waals surface area contributed by atoms with Crippen LogP contribution in [0.5, 0.6) is 5.75 Å². The van der Waals surface area contributed by atoms with E-state index in [1.807, 2.05) is 32.1 Å². The number of carbonyl (C=O) groups is 1. The molecule has 5 heteroatoms. The van der Waals surface area contributed by atoms with Crippen molar-refractivity contribution in [2.75, 3.05) is 6.61 Å². The van der Waals surface area contributed by atoms with Gasteiger partial charge in [0.1, 0.15) is 11.9 Å². The van der Waals surface area contributed by atoms with Crippen LogP contribution in [-0.4, -0.2) is 41.1 Å². The molecular weight excluding hydrogens is 392 g/mol. The highest BCUT2D eigenvalue weighted by atomic mass is 16.5. The smallest absolute Gasteiger partial charge is 0.305 e. The highest BCUT2D eigenvalue weighted by molar-refractivity contribution is 5.69. The highest BCUT2D eigenvalue weighted by Gasteiger charge is 2.48. The molecule has 1 heterocycles. The van der Waals surface area contributed by atoms with Crippen molar-refractivity contribution in [3.63, 3.8) is 0 Å². The molecule has 1 aromatic rings. The van der Waals surface area contributed by atoms with E-state index in [0.717, 1.165) is 23.3 Å². The zero-order valence-corrected chi connectivity index (χ0v) is 18.7. The van der Waals surface area contributed by atoms with Gasteiger partial charge in [-0.2, -0.15) is 0 Å². The van der Waals surface area contributed by atoms with Gasteiger partial charge in [-0.25, -0.2) is 0 Å². The first-order valence-electron chi connectivity index (χ1n) is 11.3. The molecule has 2 unspecified atom stereocenters. The van der Waals surface area contributed by atoms with Crippen LogP contribution in [0.15, 0.2) is 30.4 Å². The Balaban J connectivity index is 1.70. The Kier molecular flexibility index (Phi) is 8.17. The molecule has 1 aliphatic heterocycles. The Morgan fingerprint density at radius 1 is 1.42 bits per heavy atom. The molecule has 6 atom stereocenters. The molecule has 168 valence electrons. The number of esters is 1. The van der Waals surface area contributed by atoms with Crippen LogP contribution in [0.25, 0.3) is 0 Å². The lowest BCUT2D eigenvalue weighted by atomic mass is 9.86. The lowest BCUT2D eigenvalue weighted by Crippen LogP contribution is -2.19. The van der Waals surface area contributed by atoms with Crippen LogP contribution in [-0.2, 0) is 16.0 Å². The van der Waals surface area contributed by atoms with Crippen molar-refractivity contribution in [3.05, 3.63) is 41.5 Å². The molecule has 0 saturated heterocycles. The molecule has 0 amide bonds. The fraction of sp³-hybridized carbons (Fsp3) is 0.577. The zero-order valence-electron chi connectivity index (χ0n) is 18.7. The topological polar surface area (TPSA) is 76.0 Å². The van der Waals surface area contributed by atoms with E-state index < -0.39 is 12.2 Å². The summed E-state index contributed by atoms with van der Waals surface area (Å²) in [5, 5.41) is 21.1. The van der Waals surface area contributed by atoms with Crippen molar-refractivity contribution in [1.82, 2.24) is 0 Å². The van der Waals surface area contributed by atoms with Gasteiger partial charge in [-0.3, -0.25) is 4.79 Å². The molecule has 2 aliphatic rings. The van der Waals surface area contributed by atoms with Crippen molar-refractivity contribution in [1.29, 1.82) is 0 Å². The summed E-state index contributed by atoms with van der Waals surface area (Å²) in [5.41, 5.74) is 2.21. The Bertz CT molecular complexity index is 849. The van der Waals surface area contributed by atoms with E-state index in [2.05, 4.69) is 17.9 Å². The number of para-hydroxylation sites is 1. The summed E-state index contributed by atoms with van der Waals surface area (Å²) in [6.45, 7) is 5.99. The molecule has 1 fully saturated rings. The normalized spacial score (nSPS) is 25.8. The Labute approximate surface area is 185 Å². The van der Waals surface area contributed by atoms with Crippen molar-refractivity contribution in [2.45, 2.75) is 77.1 Å². The number of ether oxygens (including phenoxy) is 2. The van der Waals surface area contributed by atoms with Gasteiger partial charge in [0.15, 0.2) is 0 Å². The molecule has 0 aromatic heterocycles. The maximum atomic E-state index is 11.6. The van der Waals surface area contributed by atoms with E-state index in [1.165, 1.54) is 0 Å². The second-order valence-corrected chi connectivity index (χ2v) is 8.54. The Morgan fingerprint density at radius 3 is 2.97 bits per heavy atom. The summed E-state index contributed by atoms with van der Waals surface area (Å²) in [6.07, 6.45) is 5.68. The number of carbonyl (C=O) groups excluding carboxylic acids is 1. The minimum atomic E-state index is -0.594. The first-order chi connectivity index (χ1) is 15.0. The van der Waals surface area contributed by atoms with Gasteiger partial charge in [0.2, 0.25) is 0 Å². The predicted molar refractivity (Wildman–Crippen MR) is 120 cm³/mol. The summed E-state index contributed by atoms with van der Waals surface area (Å²) in [6, 6.07) is 6.15. The van der Waals surface area contributed by atoms with Gasteiger partial charge in [0.05, 0.1) is 18.8 Å². The number of fused-ring (bicyclic) bond motifs is 3. The van der Waals surface area contributed by atoms with Gasteiger partial charge >= 0.3 is 5.97 Å². The first kappa shape index (κ1) is 23.4. The molecule has 31 heavy (non-hydrogen) atoms. The van der Waals surface area contributed by atoms with E-state index in [1.54, 1.807) is 13.0 Å². The van der Waals surface area contributed by atoms with E-state index in [0.29, 0.717) is 32.3 Å². The number of hydrogen-bond acceptors (Lipinski definition) is 5. The lowest BCUT2D eigenvalue weighted by molar-refractivity contribution is -0.143. The molecule has 1 aliphatic carbocycles. The molecule has 1 saturated carbocycles. The molecule has 5 nitrogen and oxygen atoms in total. The number of benzene rings is 1. The molecule has 0 bridgehead atoms. The van der Waals surface area contributed by atoms with E-state index >= 15 is 0 Å². The monoisotopic (exact) mass is 426 g/mol. The number of rotatable bonds is 9. The third-order valence-corrected chi connectivity index (χ3v) is 6.34. The maximum Gasteiger partial charge on any atom is 0.305 e. The van der Waals surface area contributed by atoms with Crippen LogP contribution in [0.3, 0.4) is 0 Å². The van der Waals surface area contributed by atoms with Gasteiger partial charge in [-0.1, -0.05) is 37.3 Å². The standard InChI is InChI=1S/C26H34O5/c1-4-6-9-17(3)21(27)15-14-19-22(28)16-23-25(19)20-12-7-10-18(26(20)31-23)11-8-13-24(29)30-5-2/h7,10,12,14-15,17,19,21-23,25,27-28H,5,8-9,11,13,16H2,1-3H3/b15-14+/t17-,19-,21+,22+,23?,25?/m0/s1. The number of aryl methyl sites for hydroxylation is 1. The van der Waals surface area contributed by atoms with Crippen LogP contribution in [0.4, 0.5) is 0 Å². The van der Waals surface area contributed by atoms with Gasteiger partial charge < -0.3 is 19.7 Å². The SMILES string of the molecule is CC#CC[C@H](C)[C@H](O)/C=C/[C@@H]1C2c3cccc(CCCC(=O)OCC)c3OC2C[C@H]1O. The minimum Gasteiger partial charge on any atom is -0.489 e. The van der Waals surface area contributed by atoms with Crippen molar-refractivity contribution in [3.8, 4) is 17.6 Å². The molecule has 1 aromatic carbocycles. The van der Waals surface area contributed by atoms with Gasteiger partial charge in [0.25, 0.3) is 0 Å². The fourth-order valence-electron chi connectivity index (χ4n) is 4.64. The van der Waals surface area contributed by atoms with Gasteiger partial charge in [-0.05, 0) is 38.2 Å². The average molecular weight is 427 g/mol. The molecule has 2 N–H and O–H groups in total. The number of hydrogen-bond donors (Lipinski definition) is 2. The lowest BCUT2D eigenvalue weighted by Gasteiger charge is -2.19. The van der Waals surface area contributed by atoms with Crippen LogP contribution < -0.4 is 4.74 Å². The van der Waals surface area contributed by atoms with Crippen molar-refractivity contribution < 1.29 is 24.5 Å². The minimum absolute atomic E-state index is 0.0381. The summed E-state index contributed by atoms with van der Waals surface area (Å²) in [7, 11) is 0. The van der Waals surface area contributed by atoms with E-state index in [-0.39, 0.29) is 29.8 Å². The second kappa shape index (κ2) is 10.8. The number of aliphatic hydroxyl groups excluding tert-OH is 2. The summed E-state index contributed by atoms with van der Waals surface area (Å²) in [4.78, 5) is 11.6. The van der Waals surface area contributed by atoms with Gasteiger partial charge in [0, 0.05) is 36.7 Å². The molecule has 0 radical (unpaired) electrons. The third kappa shape index (κ3) is 5.50. The highest BCUT2D eigenvalue weighted by Crippen LogP contribution is 2.52. The first-order valence-corrected chi connectivity index (χ1v) is 11.3. The zero-order chi connectivity index (χ0) is 22.4. The molecule has 0 spiro atoms. The van der Waals surface area contributed by atoms with Crippen LogP contribution in [0.2, 0.25) is 0 Å². The van der Waals surface area contributed by atoms with Crippen LogP contribution >= 0.6 is 0 Å². The fourth-order valence-corrected chi connectivity index (χ4v) is 4.64. The Morgan fingerprint density at radius 2 is 2.23 bits per heavy atom. The quantitative estimate of drug-likeness (QED) is 0.357. The average Bonchev–Trinajstić information content (AvgIpc) is 3.25. The second-order valence-electron chi connectivity index (χ2n) is 8.54. The predicted octanol–water partition coefficient (Wildman–Crippen LogP) is 3.76. The molecule has 3 rings (SSSR count). The van der Waals surface area contributed by atoms with E-state index in [4.69, 9.17) is 9.47 Å². The molecular formula is C26H34O5. The maximum absolute atomic E-state index is 11.6. The van der Waals surface area contributed by atoms with Gasteiger partial charge in [-0.15, -0.1) is 11.8 Å². The largest absolute Gasteiger partial charge is 0.489 e. The number of aliphatic hydroxyl groups is 2. The third-order valence-electron chi connectivity index (χ3n) is 6.34. The van der Waals surface area contributed by atoms with Crippen LogP contribution in [0, 0.1) is 23.7 Å². The van der Waals surface area contributed by atoms with Crippen molar-refractivity contribution >= 4 is 5.97 Å². The summed E-state index contributed by atoms with van der Waals surface area (Å²) >= 11 is 0. The van der Waals surface area contributed by atoms with Crippen LogP contribution in [0.1, 0.15) is 63.5 Å². The van der Waals surface area contributed by atoms with Crippen molar-refractivity contribution in [2.24, 2.45) is 11.8 Å². The Hall–Kier alpha value is -2.29.